The molecule has 0 spiro atoms. The lowest BCUT2D eigenvalue weighted by Crippen LogP contribution is -2.49. The first-order valence-electron chi connectivity index (χ1n) is 8.33. The minimum absolute atomic E-state index is 0.503. The summed E-state index contributed by atoms with van der Waals surface area (Å²) >= 11 is 0. The van der Waals surface area contributed by atoms with Crippen LogP contribution in [0, 0.1) is 0 Å². The smallest absolute Gasteiger partial charge is 0.0449 e. The Balaban J connectivity index is 1.81. The van der Waals surface area contributed by atoms with Crippen molar-refractivity contribution in [3.05, 3.63) is 35.9 Å². The van der Waals surface area contributed by atoms with E-state index >= 15 is 0 Å². The summed E-state index contributed by atoms with van der Waals surface area (Å²) in [5, 5.41) is 3.65. The highest BCUT2D eigenvalue weighted by Crippen LogP contribution is 2.20. The Morgan fingerprint density at radius 2 is 2.00 bits per heavy atom. The second-order valence-corrected chi connectivity index (χ2v) is 6.11. The van der Waals surface area contributed by atoms with Gasteiger partial charge < -0.3 is 5.32 Å². The van der Waals surface area contributed by atoms with E-state index in [0.717, 1.165) is 19.1 Å². The molecule has 2 heteroatoms. The van der Waals surface area contributed by atoms with Crippen molar-refractivity contribution >= 4 is 0 Å². The van der Waals surface area contributed by atoms with Crippen molar-refractivity contribution < 1.29 is 0 Å². The molecule has 1 heterocycles. The molecule has 2 unspecified atom stereocenters. The topological polar surface area (TPSA) is 15.3 Å². The molecule has 1 aromatic carbocycles. The van der Waals surface area contributed by atoms with Gasteiger partial charge in [0, 0.05) is 31.7 Å². The first-order valence-corrected chi connectivity index (χ1v) is 8.33. The van der Waals surface area contributed by atoms with E-state index in [0.29, 0.717) is 6.04 Å². The van der Waals surface area contributed by atoms with Gasteiger partial charge in [0.25, 0.3) is 0 Å². The summed E-state index contributed by atoms with van der Waals surface area (Å²) < 4.78 is 0. The number of hydrogen-bond acceptors (Lipinski definition) is 2. The summed E-state index contributed by atoms with van der Waals surface area (Å²) in [6.45, 7) is 8.14. The van der Waals surface area contributed by atoms with Gasteiger partial charge >= 0.3 is 0 Å². The molecule has 112 valence electrons. The molecular weight excluding hydrogens is 244 g/mol. The molecular formula is C18H30N2. The van der Waals surface area contributed by atoms with E-state index in [4.69, 9.17) is 0 Å². The van der Waals surface area contributed by atoms with E-state index in [1.165, 1.54) is 44.2 Å². The van der Waals surface area contributed by atoms with E-state index in [-0.39, 0.29) is 0 Å². The summed E-state index contributed by atoms with van der Waals surface area (Å²) in [7, 11) is 0. The Morgan fingerprint density at radius 3 is 2.75 bits per heavy atom. The summed E-state index contributed by atoms with van der Waals surface area (Å²) in [5.41, 5.74) is 1.43. The Labute approximate surface area is 124 Å². The summed E-state index contributed by atoms with van der Waals surface area (Å²) in [6, 6.07) is 12.1. The van der Waals surface area contributed by atoms with Gasteiger partial charge in [-0.25, -0.2) is 0 Å². The van der Waals surface area contributed by atoms with Crippen molar-refractivity contribution in [3.63, 3.8) is 0 Å². The largest absolute Gasteiger partial charge is 0.308 e. The standard InChI is InChI=1S/C18H30N2/c1-3-4-5-7-10-16(2)20-14-13-19-18(15-20)17-11-8-6-9-12-17/h6,8-9,11-12,16,18-19H,3-5,7,10,13-15H2,1-2H3. The van der Waals surface area contributed by atoms with Gasteiger partial charge in [-0.3, -0.25) is 4.90 Å². The van der Waals surface area contributed by atoms with Crippen molar-refractivity contribution in [3.8, 4) is 0 Å². The molecule has 0 bridgehead atoms. The predicted octanol–water partition coefficient (Wildman–Crippen LogP) is 3.99. The van der Waals surface area contributed by atoms with Crippen molar-refractivity contribution in [1.82, 2.24) is 10.2 Å². The van der Waals surface area contributed by atoms with Crippen LogP contribution in [0.3, 0.4) is 0 Å². The maximum absolute atomic E-state index is 3.65. The van der Waals surface area contributed by atoms with E-state index in [1.807, 2.05) is 0 Å². The van der Waals surface area contributed by atoms with Crippen LogP contribution in [0.2, 0.25) is 0 Å². The fraction of sp³-hybridized carbons (Fsp3) is 0.667. The van der Waals surface area contributed by atoms with Gasteiger partial charge in [-0.05, 0) is 18.9 Å². The quantitative estimate of drug-likeness (QED) is 0.756. The zero-order valence-corrected chi connectivity index (χ0v) is 13.1. The number of hydrogen-bond donors (Lipinski definition) is 1. The van der Waals surface area contributed by atoms with Crippen LogP contribution in [0.5, 0.6) is 0 Å². The second-order valence-electron chi connectivity index (χ2n) is 6.11. The number of unbranched alkanes of at least 4 members (excludes halogenated alkanes) is 3. The molecule has 1 aromatic rings. The van der Waals surface area contributed by atoms with E-state index in [1.54, 1.807) is 0 Å². The molecule has 1 N–H and O–H groups in total. The van der Waals surface area contributed by atoms with Crippen molar-refractivity contribution in [1.29, 1.82) is 0 Å². The Morgan fingerprint density at radius 1 is 1.20 bits per heavy atom. The normalized spacial score (nSPS) is 21.8. The van der Waals surface area contributed by atoms with Crippen LogP contribution in [0.25, 0.3) is 0 Å². The predicted molar refractivity (Wildman–Crippen MR) is 87.0 cm³/mol. The van der Waals surface area contributed by atoms with Crippen LogP contribution in [-0.2, 0) is 0 Å². The van der Waals surface area contributed by atoms with Crippen LogP contribution in [0.4, 0.5) is 0 Å². The molecule has 1 saturated heterocycles. The number of nitrogens with zero attached hydrogens (tertiary/aromatic N) is 1. The molecule has 2 atom stereocenters. The van der Waals surface area contributed by atoms with Crippen molar-refractivity contribution in [2.24, 2.45) is 0 Å². The molecule has 0 saturated carbocycles. The fourth-order valence-electron chi connectivity index (χ4n) is 3.13. The van der Waals surface area contributed by atoms with Crippen molar-refractivity contribution in [2.45, 2.75) is 58.0 Å². The highest BCUT2D eigenvalue weighted by Gasteiger charge is 2.23. The van der Waals surface area contributed by atoms with E-state index in [9.17, 15) is 0 Å². The molecule has 0 aromatic heterocycles. The van der Waals surface area contributed by atoms with Gasteiger partial charge in [0.05, 0.1) is 0 Å². The lowest BCUT2D eigenvalue weighted by molar-refractivity contribution is 0.144. The minimum atomic E-state index is 0.503. The number of benzene rings is 1. The average molecular weight is 274 g/mol. The van der Waals surface area contributed by atoms with Crippen molar-refractivity contribution in [2.75, 3.05) is 19.6 Å². The molecule has 1 aliphatic heterocycles. The molecule has 0 aliphatic carbocycles. The highest BCUT2D eigenvalue weighted by molar-refractivity contribution is 5.19. The van der Waals surface area contributed by atoms with Gasteiger partial charge in [0.2, 0.25) is 0 Å². The molecule has 1 fully saturated rings. The fourth-order valence-corrected chi connectivity index (χ4v) is 3.13. The molecule has 20 heavy (non-hydrogen) atoms. The third-order valence-electron chi connectivity index (χ3n) is 4.51. The molecule has 0 radical (unpaired) electrons. The van der Waals surface area contributed by atoms with Crippen LogP contribution >= 0.6 is 0 Å². The zero-order valence-electron chi connectivity index (χ0n) is 13.1. The molecule has 0 amide bonds. The Bertz CT molecular complexity index is 363. The Hall–Kier alpha value is -0.860. The SMILES string of the molecule is CCCCCCC(C)N1CCNC(c2ccccc2)C1. The lowest BCUT2D eigenvalue weighted by atomic mass is 10.0. The highest BCUT2D eigenvalue weighted by atomic mass is 15.2. The first-order chi connectivity index (χ1) is 9.81. The lowest BCUT2D eigenvalue weighted by Gasteiger charge is -2.38. The van der Waals surface area contributed by atoms with Crippen LogP contribution in [0.15, 0.2) is 30.3 Å². The minimum Gasteiger partial charge on any atom is -0.308 e. The number of rotatable bonds is 7. The van der Waals surface area contributed by atoms with Crippen LogP contribution in [0.1, 0.15) is 57.6 Å². The van der Waals surface area contributed by atoms with Gasteiger partial charge in [-0.1, -0.05) is 62.9 Å². The summed E-state index contributed by atoms with van der Waals surface area (Å²) in [5.74, 6) is 0. The Kier molecular flexibility index (Phi) is 6.55. The molecule has 1 aliphatic rings. The number of nitrogens with one attached hydrogen (secondary N) is 1. The van der Waals surface area contributed by atoms with Crippen LogP contribution in [-0.4, -0.2) is 30.6 Å². The van der Waals surface area contributed by atoms with Gasteiger partial charge in [0.1, 0.15) is 0 Å². The summed E-state index contributed by atoms with van der Waals surface area (Å²) in [6.07, 6.45) is 6.85. The third-order valence-corrected chi connectivity index (χ3v) is 4.51. The van der Waals surface area contributed by atoms with E-state index < -0.39 is 0 Å². The van der Waals surface area contributed by atoms with Gasteiger partial charge in [-0.15, -0.1) is 0 Å². The molecule has 2 rings (SSSR count). The zero-order chi connectivity index (χ0) is 14.2. The second kappa shape index (κ2) is 8.43. The van der Waals surface area contributed by atoms with Gasteiger partial charge in [-0.2, -0.15) is 0 Å². The first kappa shape index (κ1) is 15.5. The average Bonchev–Trinajstić information content (AvgIpc) is 2.52. The van der Waals surface area contributed by atoms with E-state index in [2.05, 4.69) is 54.4 Å². The summed E-state index contributed by atoms with van der Waals surface area (Å²) in [4.78, 5) is 2.67. The maximum atomic E-state index is 3.65. The maximum Gasteiger partial charge on any atom is 0.0449 e. The monoisotopic (exact) mass is 274 g/mol. The third kappa shape index (κ3) is 4.60. The van der Waals surface area contributed by atoms with Crippen LogP contribution < -0.4 is 5.32 Å². The molecule has 2 nitrogen and oxygen atoms in total. The van der Waals surface area contributed by atoms with Gasteiger partial charge in [0.15, 0.2) is 0 Å². The number of piperazine rings is 1.